The Morgan fingerprint density at radius 3 is 2.60 bits per heavy atom. The van der Waals surface area contributed by atoms with Crippen LogP contribution in [0.25, 0.3) is 0 Å². The molecule has 1 aromatic heterocycles. The van der Waals surface area contributed by atoms with Gasteiger partial charge in [0.05, 0.1) is 10.6 Å². The minimum absolute atomic E-state index is 0.0248. The van der Waals surface area contributed by atoms with Crippen LogP contribution < -0.4 is 10.6 Å². The van der Waals surface area contributed by atoms with E-state index in [9.17, 15) is 8.42 Å². The van der Waals surface area contributed by atoms with Gasteiger partial charge in [0.2, 0.25) is 0 Å². The normalized spacial score (nSPS) is 12.2. The third-order valence-electron chi connectivity index (χ3n) is 3.36. The average molecular weight is 429 g/mol. The molecule has 0 amide bonds. The zero-order valence-electron chi connectivity index (χ0n) is 14.1. The molecule has 2 aromatic rings. The summed E-state index contributed by atoms with van der Waals surface area (Å²) in [6, 6.07) is 6.61. The fraction of sp³-hybridized carbons (Fsp3) is 0.400. The van der Waals surface area contributed by atoms with E-state index in [1.165, 1.54) is 6.33 Å². The zero-order chi connectivity index (χ0) is 18.3. The summed E-state index contributed by atoms with van der Waals surface area (Å²) in [7, 11) is -1.55. The van der Waals surface area contributed by atoms with Gasteiger partial charge in [-0.2, -0.15) is 5.10 Å². The second-order valence-electron chi connectivity index (χ2n) is 5.19. The molecule has 0 saturated carbocycles. The van der Waals surface area contributed by atoms with Crippen LogP contribution in [0.4, 0.5) is 0 Å². The van der Waals surface area contributed by atoms with Gasteiger partial charge in [-0.15, -0.1) is 0 Å². The van der Waals surface area contributed by atoms with Crippen LogP contribution in [0.3, 0.4) is 0 Å². The van der Waals surface area contributed by atoms with Crippen LogP contribution in [0.15, 0.2) is 45.0 Å². The Balaban J connectivity index is 1.94. The number of nitrogens with one attached hydrogen (secondary N) is 2. The molecule has 0 aliphatic rings. The van der Waals surface area contributed by atoms with E-state index in [-0.39, 0.29) is 12.3 Å². The Kier molecular flexibility index (Phi) is 6.94. The van der Waals surface area contributed by atoms with Crippen LogP contribution >= 0.6 is 15.9 Å². The highest BCUT2D eigenvalue weighted by molar-refractivity contribution is 9.10. The van der Waals surface area contributed by atoms with E-state index < -0.39 is 9.84 Å². The molecule has 2 N–H and O–H groups in total. The van der Waals surface area contributed by atoms with Crippen molar-refractivity contribution in [3.63, 3.8) is 0 Å². The molecule has 8 nitrogen and oxygen atoms in total. The fourth-order valence-corrected chi connectivity index (χ4v) is 3.44. The van der Waals surface area contributed by atoms with Crippen LogP contribution in [-0.4, -0.2) is 48.0 Å². The number of hydrogen-bond donors (Lipinski definition) is 2. The Hall–Kier alpha value is -1.94. The molecule has 10 heteroatoms. The van der Waals surface area contributed by atoms with E-state index in [2.05, 4.69) is 41.6 Å². The highest BCUT2D eigenvalue weighted by Gasteiger charge is 2.14. The van der Waals surface area contributed by atoms with Gasteiger partial charge in [-0.25, -0.2) is 18.4 Å². The lowest BCUT2D eigenvalue weighted by Crippen LogP contribution is -2.39. The molecule has 0 unspecified atom stereocenters. The molecule has 1 heterocycles. The summed E-state index contributed by atoms with van der Waals surface area (Å²) in [6.07, 6.45) is 1.47. The van der Waals surface area contributed by atoms with Crippen LogP contribution in [0.2, 0.25) is 0 Å². The molecule has 25 heavy (non-hydrogen) atoms. The van der Waals surface area contributed by atoms with Crippen molar-refractivity contribution >= 4 is 31.7 Å². The lowest BCUT2D eigenvalue weighted by molar-refractivity contribution is 0.594. The molecule has 0 aliphatic carbocycles. The highest BCUT2D eigenvalue weighted by Crippen LogP contribution is 2.15. The van der Waals surface area contributed by atoms with E-state index in [1.54, 1.807) is 36.0 Å². The van der Waals surface area contributed by atoms with Crippen molar-refractivity contribution in [2.24, 2.45) is 12.0 Å². The first-order chi connectivity index (χ1) is 11.9. The van der Waals surface area contributed by atoms with Crippen LogP contribution in [0, 0.1) is 0 Å². The number of sulfone groups is 1. The van der Waals surface area contributed by atoms with Crippen molar-refractivity contribution in [3.05, 3.63) is 40.9 Å². The van der Waals surface area contributed by atoms with Crippen LogP contribution in [-0.2, 0) is 23.4 Å². The standard InChI is InChI=1S/C15H21BrN6O2S/c1-3-17-15(19-10-14-20-11-21-22(14)2)18-8-9-25(23,24)13-6-4-12(16)5-7-13/h4-7,11H,3,8-10H2,1-2H3,(H2,17,18,19). The molecule has 136 valence electrons. The quantitative estimate of drug-likeness (QED) is 0.505. The monoisotopic (exact) mass is 428 g/mol. The number of hydrogen-bond acceptors (Lipinski definition) is 5. The topological polar surface area (TPSA) is 101 Å². The van der Waals surface area contributed by atoms with Gasteiger partial charge in [-0.1, -0.05) is 15.9 Å². The number of nitrogens with zero attached hydrogens (tertiary/aromatic N) is 4. The summed E-state index contributed by atoms with van der Waals surface area (Å²) < 4.78 is 27.2. The van der Waals surface area contributed by atoms with Gasteiger partial charge in [0.1, 0.15) is 18.7 Å². The summed E-state index contributed by atoms with van der Waals surface area (Å²) in [5.41, 5.74) is 0. The van der Waals surface area contributed by atoms with E-state index in [0.717, 1.165) is 10.3 Å². The highest BCUT2D eigenvalue weighted by atomic mass is 79.9. The first-order valence-electron chi connectivity index (χ1n) is 7.75. The van der Waals surface area contributed by atoms with E-state index >= 15 is 0 Å². The molecule has 0 bridgehead atoms. The van der Waals surface area contributed by atoms with Crippen molar-refractivity contribution in [2.75, 3.05) is 18.8 Å². The Morgan fingerprint density at radius 2 is 2.00 bits per heavy atom. The molecule has 0 aliphatic heterocycles. The Morgan fingerprint density at radius 1 is 1.28 bits per heavy atom. The van der Waals surface area contributed by atoms with Crippen LogP contribution in [0.5, 0.6) is 0 Å². The molecule has 0 radical (unpaired) electrons. The third kappa shape index (κ3) is 5.82. The number of aliphatic imine (C=N–C) groups is 1. The molecule has 1 aromatic carbocycles. The molecule has 0 fully saturated rings. The van der Waals surface area contributed by atoms with Gasteiger partial charge in [0.15, 0.2) is 15.8 Å². The molecular formula is C15H21BrN6O2S. The second kappa shape index (κ2) is 8.95. The first-order valence-corrected chi connectivity index (χ1v) is 10.2. The van der Waals surface area contributed by atoms with Gasteiger partial charge in [0.25, 0.3) is 0 Å². The average Bonchev–Trinajstić information content (AvgIpc) is 2.98. The predicted molar refractivity (Wildman–Crippen MR) is 100 cm³/mol. The predicted octanol–water partition coefficient (Wildman–Crippen LogP) is 1.11. The largest absolute Gasteiger partial charge is 0.357 e. The molecule has 0 saturated heterocycles. The van der Waals surface area contributed by atoms with E-state index in [1.807, 2.05) is 6.92 Å². The minimum atomic E-state index is -3.35. The number of aromatic nitrogens is 3. The molecular weight excluding hydrogens is 408 g/mol. The van der Waals surface area contributed by atoms with Gasteiger partial charge in [-0.05, 0) is 31.2 Å². The summed E-state index contributed by atoms with van der Waals surface area (Å²) in [6.45, 7) is 3.22. The molecule has 0 spiro atoms. The van der Waals surface area contributed by atoms with Crippen molar-refractivity contribution in [1.82, 2.24) is 25.4 Å². The second-order valence-corrected chi connectivity index (χ2v) is 8.22. The summed E-state index contributed by atoms with van der Waals surface area (Å²) in [4.78, 5) is 8.80. The molecule has 2 rings (SSSR count). The van der Waals surface area contributed by atoms with Crippen molar-refractivity contribution < 1.29 is 8.42 Å². The lowest BCUT2D eigenvalue weighted by atomic mass is 10.4. The lowest BCUT2D eigenvalue weighted by Gasteiger charge is -2.11. The number of halogens is 1. The number of benzene rings is 1. The maximum atomic E-state index is 12.3. The van der Waals surface area contributed by atoms with E-state index in [0.29, 0.717) is 23.9 Å². The fourth-order valence-electron chi connectivity index (χ4n) is 2.02. The maximum absolute atomic E-state index is 12.3. The zero-order valence-corrected chi connectivity index (χ0v) is 16.5. The van der Waals surface area contributed by atoms with Gasteiger partial charge < -0.3 is 10.6 Å². The number of rotatable bonds is 7. The van der Waals surface area contributed by atoms with Gasteiger partial charge >= 0.3 is 0 Å². The SMILES string of the molecule is CCNC(=NCc1ncnn1C)NCCS(=O)(=O)c1ccc(Br)cc1. The Bertz CT molecular complexity index is 817. The maximum Gasteiger partial charge on any atom is 0.191 e. The van der Waals surface area contributed by atoms with Crippen molar-refractivity contribution in [3.8, 4) is 0 Å². The third-order valence-corrected chi connectivity index (χ3v) is 5.62. The van der Waals surface area contributed by atoms with Crippen molar-refractivity contribution in [1.29, 1.82) is 0 Å². The number of aryl methyl sites for hydroxylation is 1. The number of guanidine groups is 1. The summed E-state index contributed by atoms with van der Waals surface area (Å²) >= 11 is 3.30. The van der Waals surface area contributed by atoms with Crippen LogP contribution in [0.1, 0.15) is 12.7 Å². The van der Waals surface area contributed by atoms with Gasteiger partial charge in [-0.3, -0.25) is 4.68 Å². The smallest absolute Gasteiger partial charge is 0.191 e. The minimum Gasteiger partial charge on any atom is -0.357 e. The van der Waals surface area contributed by atoms with E-state index in [4.69, 9.17) is 0 Å². The summed E-state index contributed by atoms with van der Waals surface area (Å²) in [5.74, 6) is 1.24. The summed E-state index contributed by atoms with van der Waals surface area (Å²) in [5, 5.41) is 10.1. The van der Waals surface area contributed by atoms with Gasteiger partial charge in [0, 0.05) is 24.6 Å². The molecule has 0 atom stereocenters. The Labute approximate surface area is 155 Å². The van der Waals surface area contributed by atoms with Crippen molar-refractivity contribution in [2.45, 2.75) is 18.4 Å². The first kappa shape index (κ1) is 19.4.